The van der Waals surface area contributed by atoms with Crippen LogP contribution in [-0.4, -0.2) is 5.84 Å². The number of nitrogens with zero attached hydrogens (tertiary/aromatic N) is 1. The Balaban J connectivity index is 1.53. The van der Waals surface area contributed by atoms with Gasteiger partial charge < -0.3 is 16.3 Å². The van der Waals surface area contributed by atoms with Crippen molar-refractivity contribution >= 4 is 38.9 Å². The fourth-order valence-corrected chi connectivity index (χ4v) is 5.34. The zero-order valence-electron chi connectivity index (χ0n) is 19.1. The summed E-state index contributed by atoms with van der Waals surface area (Å²) in [5.41, 5.74) is 11.4. The summed E-state index contributed by atoms with van der Waals surface area (Å²) < 4.78 is 8.05. The van der Waals surface area contributed by atoms with Gasteiger partial charge in [-0.3, -0.25) is 0 Å². The van der Waals surface area contributed by atoms with Crippen LogP contribution in [0.15, 0.2) is 71.8 Å². The number of nitrogens with two attached hydrogens (primary N) is 2. The van der Waals surface area contributed by atoms with E-state index in [1.165, 1.54) is 10.3 Å². The molecule has 4 aromatic rings. The second-order valence-electron chi connectivity index (χ2n) is 8.03. The standard InChI is InChI=1S/C28H26ClN3OS/c1-3-6-21(16-26(30)32-31)20-10-12-22(13-11-20)33-17-19-9-14-25-24(15-19)27(28(29)34-25)23-8-5-4-7-18(23)2/h4-5,7-15,21H,16-17,31H2,1-2H3,(H2,30,32). The monoisotopic (exact) mass is 487 g/mol. The second kappa shape index (κ2) is 10.6. The van der Waals surface area contributed by atoms with Crippen LogP contribution in [0.25, 0.3) is 21.2 Å². The molecular weight excluding hydrogens is 462 g/mol. The molecule has 172 valence electrons. The average Bonchev–Trinajstić information content (AvgIpc) is 3.18. The Bertz CT molecular complexity index is 1400. The van der Waals surface area contributed by atoms with Crippen molar-refractivity contribution in [1.82, 2.24) is 0 Å². The van der Waals surface area contributed by atoms with Crippen LogP contribution in [0.2, 0.25) is 4.34 Å². The normalized spacial score (nSPS) is 12.3. The van der Waals surface area contributed by atoms with Gasteiger partial charge in [0.25, 0.3) is 0 Å². The maximum atomic E-state index is 6.66. The number of rotatable bonds is 7. The number of hydrogen-bond donors (Lipinski definition) is 2. The van der Waals surface area contributed by atoms with E-state index in [4.69, 9.17) is 27.9 Å². The van der Waals surface area contributed by atoms with Crippen molar-refractivity contribution in [3.63, 3.8) is 0 Å². The molecule has 1 unspecified atom stereocenters. The molecule has 0 aliphatic carbocycles. The minimum Gasteiger partial charge on any atom is -0.489 e. The van der Waals surface area contributed by atoms with Crippen molar-refractivity contribution in [3.05, 3.63) is 87.8 Å². The van der Waals surface area contributed by atoms with Gasteiger partial charge in [-0.1, -0.05) is 60.0 Å². The summed E-state index contributed by atoms with van der Waals surface area (Å²) in [7, 11) is 0. The van der Waals surface area contributed by atoms with Gasteiger partial charge >= 0.3 is 0 Å². The van der Waals surface area contributed by atoms with Crippen LogP contribution in [-0.2, 0) is 6.61 Å². The van der Waals surface area contributed by atoms with Gasteiger partial charge in [-0.05, 0) is 60.4 Å². The highest BCUT2D eigenvalue weighted by molar-refractivity contribution is 7.23. The predicted octanol–water partition coefficient (Wildman–Crippen LogP) is 6.84. The summed E-state index contributed by atoms with van der Waals surface area (Å²) in [6, 6.07) is 22.6. The largest absolute Gasteiger partial charge is 0.489 e. The van der Waals surface area contributed by atoms with Crippen LogP contribution in [0.4, 0.5) is 0 Å². The van der Waals surface area contributed by atoms with Crippen LogP contribution in [0.1, 0.15) is 36.0 Å². The Morgan fingerprint density at radius 3 is 2.59 bits per heavy atom. The lowest BCUT2D eigenvalue weighted by Crippen LogP contribution is -2.17. The zero-order valence-corrected chi connectivity index (χ0v) is 20.7. The number of halogens is 1. The van der Waals surface area contributed by atoms with E-state index in [0.717, 1.165) is 37.7 Å². The van der Waals surface area contributed by atoms with Gasteiger partial charge in [0.15, 0.2) is 0 Å². The number of amidine groups is 1. The third-order valence-corrected chi connectivity index (χ3v) is 7.09. The van der Waals surface area contributed by atoms with E-state index in [1.807, 2.05) is 43.3 Å². The first kappa shape index (κ1) is 23.7. The molecule has 1 aromatic heterocycles. The van der Waals surface area contributed by atoms with E-state index < -0.39 is 0 Å². The molecular formula is C28H26ClN3OS. The first-order valence-electron chi connectivity index (χ1n) is 10.9. The van der Waals surface area contributed by atoms with Gasteiger partial charge in [-0.25, -0.2) is 0 Å². The lowest BCUT2D eigenvalue weighted by molar-refractivity contribution is 0.306. The second-order valence-corrected chi connectivity index (χ2v) is 9.68. The molecule has 0 saturated carbocycles. The lowest BCUT2D eigenvalue weighted by atomic mass is 9.95. The van der Waals surface area contributed by atoms with Crippen LogP contribution < -0.4 is 16.3 Å². The molecule has 0 aliphatic heterocycles. The molecule has 1 heterocycles. The van der Waals surface area contributed by atoms with Gasteiger partial charge in [0.05, 0.1) is 5.92 Å². The molecule has 0 amide bonds. The van der Waals surface area contributed by atoms with Gasteiger partial charge in [0.1, 0.15) is 22.5 Å². The summed E-state index contributed by atoms with van der Waals surface area (Å²) in [5, 5.41) is 4.72. The third-order valence-electron chi connectivity index (χ3n) is 5.71. The van der Waals surface area contributed by atoms with Crippen LogP contribution in [0.5, 0.6) is 5.75 Å². The smallest absolute Gasteiger partial charge is 0.120 e. The quantitative estimate of drug-likeness (QED) is 0.0985. The van der Waals surface area contributed by atoms with E-state index in [1.54, 1.807) is 11.3 Å². The summed E-state index contributed by atoms with van der Waals surface area (Å²) >= 11 is 8.27. The first-order chi connectivity index (χ1) is 16.5. The van der Waals surface area contributed by atoms with Crippen molar-refractivity contribution in [1.29, 1.82) is 0 Å². The molecule has 0 radical (unpaired) electrons. The van der Waals surface area contributed by atoms with Crippen LogP contribution in [0.3, 0.4) is 0 Å². The molecule has 4 nitrogen and oxygen atoms in total. The highest BCUT2D eigenvalue weighted by atomic mass is 35.5. The molecule has 0 fully saturated rings. The van der Waals surface area contributed by atoms with Crippen molar-refractivity contribution in [2.24, 2.45) is 16.7 Å². The zero-order chi connectivity index (χ0) is 24.1. The summed E-state index contributed by atoms with van der Waals surface area (Å²) in [5.74, 6) is 12.5. The van der Waals surface area contributed by atoms with Crippen LogP contribution in [0, 0.1) is 18.8 Å². The van der Waals surface area contributed by atoms with E-state index in [-0.39, 0.29) is 5.92 Å². The predicted molar refractivity (Wildman–Crippen MR) is 144 cm³/mol. The minimum absolute atomic E-state index is 0.0584. The van der Waals surface area contributed by atoms with Gasteiger partial charge in [-0.2, -0.15) is 5.10 Å². The molecule has 6 heteroatoms. The molecule has 0 aliphatic rings. The van der Waals surface area contributed by atoms with Crippen LogP contribution >= 0.6 is 22.9 Å². The maximum absolute atomic E-state index is 6.66. The van der Waals surface area contributed by atoms with E-state index in [0.29, 0.717) is 18.9 Å². The topological polar surface area (TPSA) is 73.6 Å². The molecule has 3 aromatic carbocycles. The minimum atomic E-state index is -0.0584. The number of benzene rings is 3. The third kappa shape index (κ3) is 5.20. The lowest BCUT2D eigenvalue weighted by Gasteiger charge is -2.12. The van der Waals surface area contributed by atoms with E-state index in [2.05, 4.69) is 54.2 Å². The van der Waals surface area contributed by atoms with Crippen molar-refractivity contribution in [2.45, 2.75) is 32.8 Å². The highest BCUT2D eigenvalue weighted by Gasteiger charge is 2.15. The van der Waals surface area contributed by atoms with Gasteiger partial charge in [0.2, 0.25) is 0 Å². The Morgan fingerprint density at radius 1 is 1.12 bits per heavy atom. The fraction of sp³-hybridized carbons (Fsp3) is 0.179. The van der Waals surface area contributed by atoms with E-state index in [9.17, 15) is 0 Å². The van der Waals surface area contributed by atoms with Crippen molar-refractivity contribution in [3.8, 4) is 28.7 Å². The summed E-state index contributed by atoms with van der Waals surface area (Å²) in [6.45, 7) is 4.38. The molecule has 0 saturated heterocycles. The first-order valence-corrected chi connectivity index (χ1v) is 12.1. The number of ether oxygens (including phenoxy) is 1. The number of fused-ring (bicyclic) bond motifs is 1. The SMILES string of the molecule is CC#CC(C/C(N)=N/N)c1ccc(OCc2ccc3sc(Cl)c(-c4ccccc4C)c3c2)cc1. The fourth-order valence-electron chi connectivity index (χ4n) is 3.96. The number of hydrogen-bond acceptors (Lipinski definition) is 4. The molecule has 34 heavy (non-hydrogen) atoms. The summed E-state index contributed by atoms with van der Waals surface area (Å²) in [6.07, 6.45) is 0.490. The molecule has 1 atom stereocenters. The van der Waals surface area contributed by atoms with Crippen molar-refractivity contribution in [2.75, 3.05) is 0 Å². The summed E-state index contributed by atoms with van der Waals surface area (Å²) in [4.78, 5) is 0. The highest BCUT2D eigenvalue weighted by Crippen LogP contribution is 2.43. The molecule has 4 rings (SSSR count). The Morgan fingerprint density at radius 2 is 1.88 bits per heavy atom. The Hall–Kier alpha value is -3.46. The van der Waals surface area contributed by atoms with Gasteiger partial charge in [-0.15, -0.1) is 17.3 Å². The number of hydrazone groups is 1. The Kier molecular flexibility index (Phi) is 7.42. The number of aryl methyl sites for hydroxylation is 1. The van der Waals surface area contributed by atoms with Crippen molar-refractivity contribution < 1.29 is 4.74 Å². The molecule has 4 N–H and O–H groups in total. The number of thiophene rings is 1. The van der Waals surface area contributed by atoms with Gasteiger partial charge in [0, 0.05) is 22.1 Å². The van der Waals surface area contributed by atoms with E-state index >= 15 is 0 Å². The molecule has 0 spiro atoms. The average molecular weight is 488 g/mol. The Labute approximate surface area is 209 Å². The molecule has 0 bridgehead atoms. The maximum Gasteiger partial charge on any atom is 0.120 e.